The maximum absolute atomic E-state index is 12.7. The van der Waals surface area contributed by atoms with E-state index in [2.05, 4.69) is 38.7 Å². The molecule has 6 rings (SSSR count). The Bertz CT molecular complexity index is 869. The lowest BCUT2D eigenvalue weighted by molar-refractivity contribution is -0.200. The molecule has 0 unspecified atom stereocenters. The summed E-state index contributed by atoms with van der Waals surface area (Å²) in [4.78, 5) is 14.9. The maximum atomic E-state index is 12.7. The molecule has 5 fully saturated rings. The van der Waals surface area contributed by atoms with Gasteiger partial charge in [-0.1, -0.05) is 39.3 Å². The highest BCUT2D eigenvalue weighted by Crippen LogP contribution is 2.70. The zero-order valence-electron chi connectivity index (χ0n) is 21.5. The van der Waals surface area contributed by atoms with Crippen LogP contribution in [0.1, 0.15) is 92.4 Å². The number of amides is 1. The van der Waals surface area contributed by atoms with Crippen LogP contribution in [0.15, 0.2) is 11.6 Å². The molecule has 6 aliphatic rings. The van der Waals surface area contributed by atoms with Gasteiger partial charge in [0.1, 0.15) is 5.72 Å². The number of aliphatic hydroxyl groups is 1. The summed E-state index contributed by atoms with van der Waals surface area (Å²) in [5.41, 5.74) is 1.79. The van der Waals surface area contributed by atoms with E-state index in [9.17, 15) is 9.90 Å². The van der Waals surface area contributed by atoms with Crippen molar-refractivity contribution in [3.05, 3.63) is 11.6 Å². The Labute approximate surface area is 200 Å². The monoisotopic (exact) mass is 455 g/mol. The van der Waals surface area contributed by atoms with E-state index in [1.54, 1.807) is 12.5 Å². The van der Waals surface area contributed by atoms with E-state index in [1.807, 2.05) is 0 Å². The van der Waals surface area contributed by atoms with Gasteiger partial charge in [0.05, 0.1) is 12.2 Å². The molecule has 4 nitrogen and oxygen atoms in total. The van der Waals surface area contributed by atoms with Crippen molar-refractivity contribution in [1.29, 1.82) is 0 Å². The van der Waals surface area contributed by atoms with Crippen molar-refractivity contribution >= 4 is 5.91 Å². The molecule has 4 heteroatoms. The topological polar surface area (TPSA) is 49.8 Å². The third-order valence-corrected chi connectivity index (χ3v) is 12.1. The lowest BCUT2D eigenvalue weighted by Crippen LogP contribution is -2.60. The van der Waals surface area contributed by atoms with Gasteiger partial charge >= 0.3 is 0 Å². The molecule has 184 valence electrons. The van der Waals surface area contributed by atoms with Gasteiger partial charge in [0.2, 0.25) is 5.91 Å². The summed E-state index contributed by atoms with van der Waals surface area (Å²) < 4.78 is 7.09. The van der Waals surface area contributed by atoms with Crippen LogP contribution < -0.4 is 0 Å². The number of ether oxygens (including phenoxy) is 1. The number of carbonyl (C=O) groups is 1. The van der Waals surface area contributed by atoms with Crippen molar-refractivity contribution in [1.82, 2.24) is 4.90 Å². The van der Waals surface area contributed by atoms with Gasteiger partial charge in [0.25, 0.3) is 0 Å². The minimum absolute atomic E-state index is 0.131. The van der Waals surface area contributed by atoms with Gasteiger partial charge in [-0.2, -0.15) is 0 Å². The van der Waals surface area contributed by atoms with E-state index in [0.717, 1.165) is 56.4 Å². The average molecular weight is 456 g/mol. The minimum Gasteiger partial charge on any atom is -0.393 e. The second-order valence-corrected chi connectivity index (χ2v) is 13.5. The third-order valence-electron chi connectivity index (χ3n) is 12.1. The predicted octanol–water partition coefficient (Wildman–Crippen LogP) is 5.55. The SMILES string of the molecule is CC(=O)N1C[C@H](C)CC[C@]12O[C@@H]1C[C@@H]3[C@H]4CC=C5C[C@H](O)CC[C@]5(C)[C@@H]4CC[C@]3(C)[C@H]1[C@H]2C. The maximum Gasteiger partial charge on any atom is 0.221 e. The number of fused-ring (bicyclic) bond motifs is 7. The van der Waals surface area contributed by atoms with Gasteiger partial charge in [-0.25, -0.2) is 0 Å². The Morgan fingerprint density at radius 2 is 1.91 bits per heavy atom. The van der Waals surface area contributed by atoms with Crippen molar-refractivity contribution in [3.8, 4) is 0 Å². The predicted molar refractivity (Wildman–Crippen MR) is 129 cm³/mol. The normalized spacial score (nSPS) is 55.5. The number of carbonyl (C=O) groups excluding carboxylic acids is 1. The van der Waals surface area contributed by atoms with Crippen LogP contribution in [0.5, 0.6) is 0 Å². The summed E-state index contributed by atoms with van der Waals surface area (Å²) in [6, 6.07) is 0. The molecular formula is C29H45NO3. The zero-order chi connectivity index (χ0) is 23.3. The number of likely N-dealkylation sites (tertiary alicyclic amines) is 1. The molecule has 0 aromatic heterocycles. The van der Waals surface area contributed by atoms with Crippen molar-refractivity contribution in [2.24, 2.45) is 46.3 Å². The summed E-state index contributed by atoms with van der Waals surface area (Å²) in [6.07, 6.45) is 12.9. The summed E-state index contributed by atoms with van der Waals surface area (Å²) in [5.74, 6) is 3.95. The van der Waals surface area contributed by atoms with Gasteiger partial charge in [0, 0.05) is 19.4 Å². The Kier molecular flexibility index (Phi) is 5.01. The molecule has 11 atom stereocenters. The molecule has 0 aromatic rings. The van der Waals surface area contributed by atoms with E-state index >= 15 is 0 Å². The number of hydrogen-bond acceptors (Lipinski definition) is 3. The largest absolute Gasteiger partial charge is 0.393 e. The Morgan fingerprint density at radius 1 is 1.12 bits per heavy atom. The van der Waals surface area contributed by atoms with Crippen molar-refractivity contribution in [3.63, 3.8) is 0 Å². The van der Waals surface area contributed by atoms with Crippen molar-refractivity contribution < 1.29 is 14.6 Å². The summed E-state index contributed by atoms with van der Waals surface area (Å²) in [7, 11) is 0. The molecule has 2 heterocycles. The van der Waals surface area contributed by atoms with Crippen LogP contribution in [-0.2, 0) is 9.53 Å². The molecule has 0 bridgehead atoms. The first-order valence-electron chi connectivity index (χ1n) is 13.9. The van der Waals surface area contributed by atoms with E-state index in [1.165, 1.54) is 25.7 Å². The number of nitrogens with zero attached hydrogens (tertiary/aromatic N) is 1. The zero-order valence-corrected chi connectivity index (χ0v) is 21.5. The molecular weight excluding hydrogens is 410 g/mol. The number of aliphatic hydroxyl groups excluding tert-OH is 1. The Balaban J connectivity index is 1.30. The fourth-order valence-corrected chi connectivity index (χ4v) is 10.5. The quantitative estimate of drug-likeness (QED) is 0.488. The number of allylic oxidation sites excluding steroid dienone is 1. The Hall–Kier alpha value is -0.870. The van der Waals surface area contributed by atoms with E-state index < -0.39 is 0 Å². The van der Waals surface area contributed by atoms with E-state index in [0.29, 0.717) is 34.7 Å². The van der Waals surface area contributed by atoms with Crippen LogP contribution in [0, 0.1) is 46.3 Å². The minimum atomic E-state index is -0.371. The number of rotatable bonds is 0. The van der Waals surface area contributed by atoms with Gasteiger partial charge in [-0.3, -0.25) is 4.79 Å². The third kappa shape index (κ3) is 2.92. The molecule has 1 spiro atoms. The first kappa shape index (κ1) is 22.6. The van der Waals surface area contributed by atoms with Crippen molar-refractivity contribution in [2.75, 3.05) is 6.54 Å². The molecule has 2 saturated heterocycles. The molecule has 2 aliphatic heterocycles. The fourth-order valence-electron chi connectivity index (χ4n) is 10.5. The van der Waals surface area contributed by atoms with Crippen LogP contribution in [0.25, 0.3) is 0 Å². The van der Waals surface area contributed by atoms with Gasteiger partial charge in [0.15, 0.2) is 0 Å². The van der Waals surface area contributed by atoms with Crippen LogP contribution in [0.2, 0.25) is 0 Å². The molecule has 33 heavy (non-hydrogen) atoms. The number of piperidine rings is 1. The van der Waals surface area contributed by atoms with Crippen LogP contribution in [0.3, 0.4) is 0 Å². The molecule has 4 aliphatic carbocycles. The smallest absolute Gasteiger partial charge is 0.221 e. The van der Waals surface area contributed by atoms with E-state index in [4.69, 9.17) is 4.74 Å². The fraction of sp³-hybridized carbons (Fsp3) is 0.897. The highest BCUT2D eigenvalue weighted by molar-refractivity contribution is 5.74. The lowest BCUT2D eigenvalue weighted by atomic mass is 9.47. The summed E-state index contributed by atoms with van der Waals surface area (Å²) in [5, 5.41) is 10.3. The Morgan fingerprint density at radius 3 is 2.67 bits per heavy atom. The first-order chi connectivity index (χ1) is 15.6. The summed E-state index contributed by atoms with van der Waals surface area (Å²) in [6.45, 7) is 12.4. The van der Waals surface area contributed by atoms with Gasteiger partial charge in [-0.05, 0) is 98.2 Å². The highest BCUT2D eigenvalue weighted by Gasteiger charge is 2.69. The second kappa shape index (κ2) is 7.32. The first-order valence-corrected chi connectivity index (χ1v) is 13.9. The molecule has 1 amide bonds. The lowest BCUT2D eigenvalue weighted by Gasteiger charge is -2.59. The van der Waals surface area contributed by atoms with Gasteiger partial charge < -0.3 is 14.7 Å². The number of hydrogen-bond donors (Lipinski definition) is 1. The highest BCUT2D eigenvalue weighted by atomic mass is 16.5. The molecule has 1 N–H and O–H groups in total. The summed E-state index contributed by atoms with van der Waals surface area (Å²) >= 11 is 0. The average Bonchev–Trinajstić information content (AvgIpc) is 3.21. The van der Waals surface area contributed by atoms with E-state index in [-0.39, 0.29) is 17.7 Å². The van der Waals surface area contributed by atoms with Gasteiger partial charge in [-0.15, -0.1) is 0 Å². The van der Waals surface area contributed by atoms with Crippen LogP contribution in [-0.4, -0.2) is 40.4 Å². The molecule has 0 radical (unpaired) electrons. The standard InChI is InChI=1S/C29H45NO3/c1-17-8-13-29(30(16-17)19(3)31)18(2)26-25(33-29)15-24-22-7-6-20-14-21(32)9-11-27(20,4)23(22)10-12-28(24,26)5/h6,17-18,21-26,32H,7-16H2,1-5H3/t17-,18-,21-,22+,23-,24-,25-,26+,27+,28+,29-/m1/s1. The molecule has 3 saturated carbocycles. The molecule has 0 aromatic carbocycles. The van der Waals surface area contributed by atoms with Crippen LogP contribution >= 0.6 is 0 Å². The van der Waals surface area contributed by atoms with Crippen molar-refractivity contribution in [2.45, 2.75) is 110 Å². The van der Waals surface area contributed by atoms with Crippen LogP contribution in [0.4, 0.5) is 0 Å². The second-order valence-electron chi connectivity index (χ2n) is 13.5.